The summed E-state index contributed by atoms with van der Waals surface area (Å²) in [5.74, 6) is -0.123. The fraction of sp³-hybridized carbons (Fsp3) is 0.125. The van der Waals surface area contributed by atoms with Crippen LogP contribution in [0.1, 0.15) is 21.5 Å². The number of halogens is 1. The zero-order chi connectivity index (χ0) is 14.5. The fourth-order valence-corrected chi connectivity index (χ4v) is 2.72. The van der Waals surface area contributed by atoms with Crippen molar-refractivity contribution in [3.8, 4) is 6.07 Å². The second kappa shape index (κ2) is 6.53. The second-order valence-electron chi connectivity index (χ2n) is 4.47. The normalized spacial score (nSPS) is 9.85. The average molecular weight is 376 g/mol. The molecule has 2 aromatic carbocycles. The monoisotopic (exact) mass is 376 g/mol. The summed E-state index contributed by atoms with van der Waals surface area (Å²) in [5, 5.41) is 11.5. The zero-order valence-electron chi connectivity index (χ0n) is 11.0. The molecule has 4 heteroatoms. The molecule has 0 spiro atoms. The van der Waals surface area contributed by atoms with Crippen LogP contribution in [0.5, 0.6) is 0 Å². The van der Waals surface area contributed by atoms with Crippen LogP contribution in [0.2, 0.25) is 0 Å². The number of aryl methyl sites for hydroxylation is 1. The maximum atomic E-state index is 12.2. The molecular weight excluding hydrogens is 363 g/mol. The number of carbonyl (C=O) groups is 1. The lowest BCUT2D eigenvalue weighted by molar-refractivity contribution is 0.102. The summed E-state index contributed by atoms with van der Waals surface area (Å²) in [4.78, 5) is 12.2. The van der Waals surface area contributed by atoms with E-state index < -0.39 is 0 Å². The van der Waals surface area contributed by atoms with Gasteiger partial charge in [0.25, 0.3) is 5.91 Å². The second-order valence-corrected chi connectivity index (χ2v) is 5.63. The minimum Gasteiger partial charge on any atom is -0.322 e. The molecular formula is C16H13IN2O. The number of nitrogens with one attached hydrogen (secondary N) is 1. The largest absolute Gasteiger partial charge is 0.322 e. The smallest absolute Gasteiger partial charge is 0.256 e. The summed E-state index contributed by atoms with van der Waals surface area (Å²) < 4.78 is 0.932. The molecule has 0 heterocycles. The summed E-state index contributed by atoms with van der Waals surface area (Å²) in [5.41, 5.74) is 3.47. The van der Waals surface area contributed by atoms with Gasteiger partial charge in [-0.3, -0.25) is 4.79 Å². The van der Waals surface area contributed by atoms with E-state index in [4.69, 9.17) is 5.26 Å². The Morgan fingerprint density at radius 1 is 1.25 bits per heavy atom. The molecule has 0 saturated carbocycles. The molecule has 0 aliphatic heterocycles. The number of nitrogens with zero attached hydrogens (tertiary/aromatic N) is 1. The van der Waals surface area contributed by atoms with E-state index in [1.165, 1.54) is 0 Å². The van der Waals surface area contributed by atoms with Gasteiger partial charge in [0.05, 0.1) is 18.1 Å². The Morgan fingerprint density at radius 3 is 2.55 bits per heavy atom. The number of amides is 1. The number of benzene rings is 2. The zero-order valence-corrected chi connectivity index (χ0v) is 13.1. The predicted octanol–water partition coefficient (Wildman–Crippen LogP) is 3.92. The molecule has 100 valence electrons. The number of anilines is 1. The summed E-state index contributed by atoms with van der Waals surface area (Å²) in [7, 11) is 0. The molecule has 1 N–H and O–H groups in total. The molecule has 3 nitrogen and oxygen atoms in total. The van der Waals surface area contributed by atoms with Crippen molar-refractivity contribution < 1.29 is 4.79 Å². The van der Waals surface area contributed by atoms with Crippen LogP contribution in [0.15, 0.2) is 42.5 Å². The quantitative estimate of drug-likeness (QED) is 0.826. The standard InChI is InChI=1S/C16H13IN2O/c1-11-2-7-14(15(17)10-11)16(20)19-13-5-3-12(4-6-13)8-9-18/h2-7,10H,8H2,1H3,(H,19,20). The van der Waals surface area contributed by atoms with E-state index in [1.807, 2.05) is 49.4 Å². The summed E-state index contributed by atoms with van der Waals surface area (Å²) in [6.45, 7) is 2.00. The Balaban J connectivity index is 2.13. The van der Waals surface area contributed by atoms with E-state index >= 15 is 0 Å². The van der Waals surface area contributed by atoms with Crippen molar-refractivity contribution in [1.82, 2.24) is 0 Å². The SMILES string of the molecule is Cc1ccc(C(=O)Nc2ccc(CC#N)cc2)c(I)c1. The maximum absolute atomic E-state index is 12.2. The van der Waals surface area contributed by atoms with Gasteiger partial charge in [-0.1, -0.05) is 23.8 Å². The van der Waals surface area contributed by atoms with Crippen molar-refractivity contribution in [3.05, 3.63) is 62.7 Å². The van der Waals surface area contributed by atoms with E-state index in [9.17, 15) is 4.79 Å². The number of rotatable bonds is 3. The molecule has 20 heavy (non-hydrogen) atoms. The molecule has 0 aromatic heterocycles. The Bertz CT molecular complexity index is 672. The number of carbonyl (C=O) groups excluding carboxylic acids is 1. The van der Waals surface area contributed by atoms with Gasteiger partial charge in [-0.15, -0.1) is 0 Å². The Kier molecular flexibility index (Phi) is 4.74. The summed E-state index contributed by atoms with van der Waals surface area (Å²) >= 11 is 2.16. The van der Waals surface area contributed by atoms with E-state index in [0.29, 0.717) is 12.0 Å². The molecule has 0 saturated heterocycles. The highest BCUT2D eigenvalue weighted by atomic mass is 127. The Labute approximate surface area is 131 Å². The lowest BCUT2D eigenvalue weighted by atomic mass is 10.1. The molecule has 2 aromatic rings. The topological polar surface area (TPSA) is 52.9 Å². The molecule has 0 aliphatic carbocycles. The Morgan fingerprint density at radius 2 is 1.95 bits per heavy atom. The lowest BCUT2D eigenvalue weighted by Gasteiger charge is -2.08. The van der Waals surface area contributed by atoms with Gasteiger partial charge in [-0.2, -0.15) is 5.26 Å². The third-order valence-corrected chi connectivity index (χ3v) is 3.76. The number of hydrogen-bond donors (Lipinski definition) is 1. The number of hydrogen-bond acceptors (Lipinski definition) is 2. The van der Waals surface area contributed by atoms with Crippen molar-refractivity contribution in [2.24, 2.45) is 0 Å². The van der Waals surface area contributed by atoms with Crippen LogP contribution in [0.3, 0.4) is 0 Å². The number of nitriles is 1. The molecule has 0 bridgehead atoms. The molecule has 0 atom stereocenters. The first kappa shape index (κ1) is 14.5. The minimum absolute atomic E-state index is 0.123. The van der Waals surface area contributed by atoms with Crippen molar-refractivity contribution in [3.63, 3.8) is 0 Å². The van der Waals surface area contributed by atoms with Crippen LogP contribution in [-0.2, 0) is 6.42 Å². The van der Waals surface area contributed by atoms with Crippen LogP contribution in [0.4, 0.5) is 5.69 Å². The molecule has 0 fully saturated rings. The predicted molar refractivity (Wildman–Crippen MR) is 87.6 cm³/mol. The van der Waals surface area contributed by atoms with E-state index in [-0.39, 0.29) is 5.91 Å². The van der Waals surface area contributed by atoms with Crippen LogP contribution in [0.25, 0.3) is 0 Å². The third-order valence-electron chi connectivity index (χ3n) is 2.86. The van der Waals surface area contributed by atoms with Crippen LogP contribution in [-0.4, -0.2) is 5.91 Å². The lowest BCUT2D eigenvalue weighted by Crippen LogP contribution is -2.13. The molecule has 0 aliphatic rings. The van der Waals surface area contributed by atoms with E-state index in [1.54, 1.807) is 0 Å². The highest BCUT2D eigenvalue weighted by Gasteiger charge is 2.10. The van der Waals surface area contributed by atoms with Gasteiger partial charge in [0.2, 0.25) is 0 Å². The van der Waals surface area contributed by atoms with Gasteiger partial charge in [0.1, 0.15) is 0 Å². The van der Waals surface area contributed by atoms with Crippen LogP contribution < -0.4 is 5.32 Å². The molecule has 0 unspecified atom stereocenters. The fourth-order valence-electron chi connectivity index (χ4n) is 1.80. The van der Waals surface area contributed by atoms with Gasteiger partial charge < -0.3 is 5.32 Å². The Hall–Kier alpha value is -1.87. The van der Waals surface area contributed by atoms with E-state index in [2.05, 4.69) is 34.0 Å². The summed E-state index contributed by atoms with van der Waals surface area (Å²) in [6, 6.07) is 15.1. The maximum Gasteiger partial charge on any atom is 0.256 e. The van der Waals surface area contributed by atoms with Gasteiger partial charge in [-0.05, 0) is 59.3 Å². The molecule has 0 radical (unpaired) electrons. The third kappa shape index (κ3) is 3.58. The first-order valence-corrected chi connectivity index (χ1v) is 7.21. The van der Waals surface area contributed by atoms with Crippen molar-refractivity contribution in [1.29, 1.82) is 5.26 Å². The van der Waals surface area contributed by atoms with Crippen LogP contribution >= 0.6 is 22.6 Å². The van der Waals surface area contributed by atoms with Crippen molar-refractivity contribution in [2.75, 3.05) is 5.32 Å². The van der Waals surface area contributed by atoms with Crippen LogP contribution in [0, 0.1) is 21.8 Å². The van der Waals surface area contributed by atoms with E-state index in [0.717, 1.165) is 20.4 Å². The van der Waals surface area contributed by atoms with Gasteiger partial charge in [0, 0.05) is 9.26 Å². The van der Waals surface area contributed by atoms with Gasteiger partial charge in [-0.25, -0.2) is 0 Å². The highest BCUT2D eigenvalue weighted by Crippen LogP contribution is 2.17. The average Bonchev–Trinajstić information content (AvgIpc) is 2.41. The molecule has 1 amide bonds. The van der Waals surface area contributed by atoms with Gasteiger partial charge in [0.15, 0.2) is 0 Å². The van der Waals surface area contributed by atoms with Crippen molar-refractivity contribution in [2.45, 2.75) is 13.3 Å². The minimum atomic E-state index is -0.123. The van der Waals surface area contributed by atoms with Gasteiger partial charge >= 0.3 is 0 Å². The van der Waals surface area contributed by atoms with Crippen molar-refractivity contribution >= 4 is 34.2 Å². The molecule has 2 rings (SSSR count). The highest BCUT2D eigenvalue weighted by molar-refractivity contribution is 14.1. The first-order valence-electron chi connectivity index (χ1n) is 6.13. The summed E-state index contributed by atoms with van der Waals surface area (Å²) in [6.07, 6.45) is 0.379. The first-order chi connectivity index (χ1) is 9.60.